The number of likely N-dealkylation sites (tertiary alicyclic amines) is 1. The van der Waals surface area contributed by atoms with Gasteiger partial charge in [0.2, 0.25) is 10.0 Å². The normalized spacial score (nSPS) is 17.1. The van der Waals surface area contributed by atoms with Gasteiger partial charge in [0.25, 0.3) is 0 Å². The van der Waals surface area contributed by atoms with Crippen LogP contribution in [0.15, 0.2) is 21.7 Å². The molecule has 0 aliphatic carbocycles. The van der Waals surface area contributed by atoms with Crippen LogP contribution in [0.5, 0.6) is 0 Å². The number of nitrogens with zero attached hydrogens (tertiary/aromatic N) is 1. The summed E-state index contributed by atoms with van der Waals surface area (Å²) < 4.78 is 32.1. The smallest absolute Gasteiger partial charge is 0.409 e. The minimum Gasteiger partial charge on any atom is -0.450 e. The highest BCUT2D eigenvalue weighted by molar-refractivity contribution is 7.91. The van der Waals surface area contributed by atoms with Crippen LogP contribution in [0, 0.1) is 0 Å². The molecule has 0 aromatic carbocycles. The Balaban J connectivity index is 1.87. The topological polar surface area (TPSA) is 75.7 Å². The standard InChI is InChI=1S/C12H18N2O4S2/c1-2-18-12(15)14-7-5-10(6-8-14)13-20(16,17)11-4-3-9-19-11/h3-4,9-10,13H,2,5-8H2,1H3. The first-order valence-electron chi connectivity index (χ1n) is 6.50. The number of rotatable bonds is 4. The third-order valence-electron chi connectivity index (χ3n) is 3.10. The van der Waals surface area contributed by atoms with E-state index in [-0.39, 0.29) is 12.1 Å². The van der Waals surface area contributed by atoms with Crippen molar-refractivity contribution in [3.63, 3.8) is 0 Å². The number of hydrogen-bond acceptors (Lipinski definition) is 5. The Labute approximate surface area is 122 Å². The van der Waals surface area contributed by atoms with Gasteiger partial charge in [0.15, 0.2) is 0 Å². The van der Waals surface area contributed by atoms with Crippen LogP contribution in [0.3, 0.4) is 0 Å². The number of thiophene rings is 1. The van der Waals surface area contributed by atoms with Gasteiger partial charge in [0.05, 0.1) is 6.61 Å². The molecule has 1 aromatic heterocycles. The monoisotopic (exact) mass is 318 g/mol. The van der Waals surface area contributed by atoms with E-state index in [0.29, 0.717) is 36.7 Å². The fourth-order valence-corrected chi connectivity index (χ4v) is 4.40. The van der Waals surface area contributed by atoms with Crippen LogP contribution in [0.4, 0.5) is 4.79 Å². The zero-order chi connectivity index (χ0) is 14.6. The van der Waals surface area contributed by atoms with Gasteiger partial charge in [0, 0.05) is 19.1 Å². The molecule has 0 spiro atoms. The Bertz CT molecular complexity index is 534. The van der Waals surface area contributed by atoms with Crippen LogP contribution >= 0.6 is 11.3 Å². The lowest BCUT2D eigenvalue weighted by molar-refractivity contribution is 0.0966. The Kier molecular flexibility index (Phi) is 5.00. The van der Waals surface area contributed by atoms with Gasteiger partial charge >= 0.3 is 6.09 Å². The summed E-state index contributed by atoms with van der Waals surface area (Å²) in [6.07, 6.45) is 0.874. The average Bonchev–Trinajstić information content (AvgIpc) is 2.94. The van der Waals surface area contributed by atoms with Crippen LogP contribution in [0.2, 0.25) is 0 Å². The maximum atomic E-state index is 12.1. The summed E-state index contributed by atoms with van der Waals surface area (Å²) in [6.45, 7) is 3.14. The first-order valence-corrected chi connectivity index (χ1v) is 8.86. The molecule has 1 aliphatic heterocycles. The fraction of sp³-hybridized carbons (Fsp3) is 0.583. The molecule has 0 saturated carbocycles. The summed E-state index contributed by atoms with van der Waals surface area (Å²) in [7, 11) is -3.43. The summed E-state index contributed by atoms with van der Waals surface area (Å²) in [5.41, 5.74) is 0. The van der Waals surface area contributed by atoms with Crippen LogP contribution in [-0.2, 0) is 14.8 Å². The maximum Gasteiger partial charge on any atom is 0.409 e. The minimum atomic E-state index is -3.43. The van der Waals surface area contributed by atoms with Crippen molar-refractivity contribution < 1.29 is 17.9 Å². The Morgan fingerprint density at radius 2 is 2.20 bits per heavy atom. The molecular weight excluding hydrogens is 300 g/mol. The number of nitrogens with one attached hydrogen (secondary N) is 1. The quantitative estimate of drug-likeness (QED) is 0.916. The number of carbonyl (C=O) groups is 1. The van der Waals surface area contributed by atoms with Crippen molar-refractivity contribution in [2.75, 3.05) is 19.7 Å². The van der Waals surface area contributed by atoms with Crippen molar-refractivity contribution >= 4 is 27.5 Å². The molecule has 1 amide bonds. The first-order chi connectivity index (χ1) is 9.53. The van der Waals surface area contributed by atoms with E-state index in [0.717, 1.165) is 0 Å². The van der Waals surface area contributed by atoms with E-state index < -0.39 is 10.0 Å². The summed E-state index contributed by atoms with van der Waals surface area (Å²) in [5.74, 6) is 0. The summed E-state index contributed by atoms with van der Waals surface area (Å²) in [4.78, 5) is 13.2. The van der Waals surface area contributed by atoms with Crippen LogP contribution in [-0.4, -0.2) is 45.1 Å². The number of amides is 1. The van der Waals surface area contributed by atoms with E-state index in [1.165, 1.54) is 11.3 Å². The summed E-state index contributed by atoms with van der Waals surface area (Å²) >= 11 is 1.20. The molecule has 2 heterocycles. The molecular formula is C12H18N2O4S2. The Morgan fingerprint density at radius 3 is 2.75 bits per heavy atom. The molecule has 2 rings (SSSR count). The van der Waals surface area contributed by atoms with E-state index in [1.54, 1.807) is 29.3 Å². The van der Waals surface area contributed by atoms with E-state index in [1.807, 2.05) is 0 Å². The number of sulfonamides is 1. The van der Waals surface area contributed by atoms with Crippen LogP contribution < -0.4 is 4.72 Å². The SMILES string of the molecule is CCOC(=O)N1CCC(NS(=O)(=O)c2cccs2)CC1. The molecule has 1 N–H and O–H groups in total. The Hall–Kier alpha value is -1.12. The second-order valence-electron chi connectivity index (χ2n) is 4.51. The molecule has 0 radical (unpaired) electrons. The van der Waals surface area contributed by atoms with Crippen molar-refractivity contribution in [1.29, 1.82) is 0 Å². The molecule has 20 heavy (non-hydrogen) atoms. The van der Waals surface area contributed by atoms with Gasteiger partial charge in [-0.25, -0.2) is 17.9 Å². The Morgan fingerprint density at radius 1 is 1.50 bits per heavy atom. The van der Waals surface area contributed by atoms with Crippen molar-refractivity contribution in [1.82, 2.24) is 9.62 Å². The van der Waals surface area contributed by atoms with Gasteiger partial charge in [-0.3, -0.25) is 0 Å². The largest absolute Gasteiger partial charge is 0.450 e. The zero-order valence-corrected chi connectivity index (χ0v) is 12.9. The molecule has 0 bridgehead atoms. The minimum absolute atomic E-state index is 0.132. The molecule has 0 atom stereocenters. The number of carbonyl (C=O) groups excluding carboxylic acids is 1. The number of hydrogen-bond donors (Lipinski definition) is 1. The second kappa shape index (κ2) is 6.55. The molecule has 1 fully saturated rings. The molecule has 0 unspecified atom stereocenters. The highest BCUT2D eigenvalue weighted by atomic mass is 32.2. The van der Waals surface area contributed by atoms with Crippen LogP contribution in [0.1, 0.15) is 19.8 Å². The molecule has 1 aliphatic rings. The highest BCUT2D eigenvalue weighted by Crippen LogP contribution is 2.18. The van der Waals surface area contributed by atoms with Gasteiger partial charge in [-0.2, -0.15) is 0 Å². The second-order valence-corrected chi connectivity index (χ2v) is 7.40. The lowest BCUT2D eigenvalue weighted by atomic mass is 10.1. The van der Waals surface area contributed by atoms with Gasteiger partial charge < -0.3 is 9.64 Å². The summed E-state index contributed by atoms with van der Waals surface area (Å²) in [5, 5.41) is 1.73. The number of ether oxygens (including phenoxy) is 1. The third-order valence-corrected chi connectivity index (χ3v) is 6.02. The maximum absolute atomic E-state index is 12.1. The molecule has 6 nitrogen and oxygen atoms in total. The molecule has 112 valence electrons. The van der Waals surface area contributed by atoms with Crippen LogP contribution in [0.25, 0.3) is 0 Å². The van der Waals surface area contributed by atoms with Crippen molar-refractivity contribution in [3.05, 3.63) is 17.5 Å². The van der Waals surface area contributed by atoms with E-state index in [2.05, 4.69) is 4.72 Å². The zero-order valence-electron chi connectivity index (χ0n) is 11.2. The van der Waals surface area contributed by atoms with Gasteiger partial charge in [-0.15, -0.1) is 11.3 Å². The van der Waals surface area contributed by atoms with Gasteiger partial charge in [0.1, 0.15) is 4.21 Å². The van der Waals surface area contributed by atoms with Gasteiger partial charge in [-0.05, 0) is 31.2 Å². The fourth-order valence-electron chi connectivity index (χ4n) is 2.09. The van der Waals surface area contributed by atoms with Gasteiger partial charge in [-0.1, -0.05) is 6.07 Å². The number of piperidine rings is 1. The van der Waals surface area contributed by atoms with E-state index in [9.17, 15) is 13.2 Å². The van der Waals surface area contributed by atoms with Crippen molar-refractivity contribution in [3.8, 4) is 0 Å². The average molecular weight is 318 g/mol. The molecule has 8 heteroatoms. The van der Waals surface area contributed by atoms with Crippen molar-refractivity contribution in [2.24, 2.45) is 0 Å². The lowest BCUT2D eigenvalue weighted by Crippen LogP contribution is -2.46. The van der Waals surface area contributed by atoms with E-state index in [4.69, 9.17) is 4.74 Å². The molecule has 1 saturated heterocycles. The van der Waals surface area contributed by atoms with E-state index >= 15 is 0 Å². The highest BCUT2D eigenvalue weighted by Gasteiger charge is 2.27. The predicted octanol–water partition coefficient (Wildman–Crippen LogP) is 1.65. The third kappa shape index (κ3) is 3.71. The summed E-state index contributed by atoms with van der Waals surface area (Å²) in [6, 6.07) is 3.16. The first kappa shape index (κ1) is 15.3. The van der Waals surface area contributed by atoms with Crippen molar-refractivity contribution in [2.45, 2.75) is 30.0 Å². The lowest BCUT2D eigenvalue weighted by Gasteiger charge is -2.31. The molecule has 1 aromatic rings. The predicted molar refractivity (Wildman–Crippen MR) is 76.3 cm³/mol.